The molecule has 1 aliphatic heterocycles. The van der Waals surface area contributed by atoms with Crippen LogP contribution in [-0.2, 0) is 4.74 Å². The Hall–Kier alpha value is -2.56. The van der Waals surface area contributed by atoms with E-state index < -0.39 is 29.5 Å². The number of rotatable bonds is 7. The minimum Gasteiger partial charge on any atom is -0.378 e. The highest BCUT2D eigenvalue weighted by Gasteiger charge is 2.29. The number of carbonyl (C=O) groups is 1. The van der Waals surface area contributed by atoms with Crippen LogP contribution in [-0.4, -0.2) is 61.1 Å². The smallest absolute Gasteiger partial charge is 0.312 e. The van der Waals surface area contributed by atoms with Gasteiger partial charge in [0, 0.05) is 25.2 Å². The van der Waals surface area contributed by atoms with Crippen LogP contribution in [0.3, 0.4) is 0 Å². The van der Waals surface area contributed by atoms with E-state index in [9.17, 15) is 23.7 Å². The van der Waals surface area contributed by atoms with Gasteiger partial charge in [0.2, 0.25) is 5.82 Å². The number of amides is 1. The van der Waals surface area contributed by atoms with Crippen LogP contribution >= 0.6 is 0 Å². The molecule has 2 fully saturated rings. The molecule has 1 aromatic rings. The number of nitro groups is 1. The molecule has 0 radical (unpaired) electrons. The molecule has 3 rings (SSSR count). The fourth-order valence-corrected chi connectivity index (χ4v) is 3.63. The highest BCUT2D eigenvalue weighted by molar-refractivity contribution is 6.00. The molecule has 2 aliphatic rings. The number of aromatic nitrogens is 1. The molecule has 1 saturated carbocycles. The first-order valence-electron chi connectivity index (χ1n) is 9.80. The van der Waals surface area contributed by atoms with E-state index in [0.717, 1.165) is 38.2 Å². The van der Waals surface area contributed by atoms with E-state index >= 15 is 0 Å². The summed E-state index contributed by atoms with van der Waals surface area (Å²) >= 11 is 0. The topological polar surface area (TPSA) is 110 Å². The normalized spacial score (nSPS) is 18.0. The maximum Gasteiger partial charge on any atom is 0.312 e. The third-order valence-electron chi connectivity index (χ3n) is 5.10. The first-order chi connectivity index (χ1) is 14.0. The summed E-state index contributed by atoms with van der Waals surface area (Å²) in [6, 6.07) is 1.15. The minimum absolute atomic E-state index is 0.0180. The number of morpholine rings is 1. The quantitative estimate of drug-likeness (QED) is 0.522. The van der Waals surface area contributed by atoms with Crippen LogP contribution < -0.4 is 15.5 Å². The van der Waals surface area contributed by atoms with Crippen molar-refractivity contribution < 1.29 is 23.2 Å². The van der Waals surface area contributed by atoms with Gasteiger partial charge in [0.1, 0.15) is 5.82 Å². The standard InChI is InChI=1S/C18H25F2N5O4/c19-15(20)11-21-16-14(25(27)28)10-13(17(23-16)24-6-8-29-9-7-24)18(26)22-12-4-2-1-3-5-12/h10,12,15H,1-9,11H2,(H,21,23)(H,22,26). The molecule has 1 saturated heterocycles. The highest BCUT2D eigenvalue weighted by Crippen LogP contribution is 2.31. The van der Waals surface area contributed by atoms with E-state index in [0.29, 0.717) is 26.3 Å². The monoisotopic (exact) mass is 413 g/mol. The SMILES string of the molecule is O=C(NC1CCCCC1)c1cc([N+](=O)[O-])c(NCC(F)F)nc1N1CCOCC1. The molecular formula is C18H25F2N5O4. The second-order valence-electron chi connectivity index (χ2n) is 7.16. The van der Waals surface area contributed by atoms with E-state index in [1.54, 1.807) is 4.90 Å². The van der Waals surface area contributed by atoms with Crippen LogP contribution in [0.2, 0.25) is 0 Å². The van der Waals surface area contributed by atoms with Crippen molar-refractivity contribution in [2.45, 2.75) is 44.6 Å². The van der Waals surface area contributed by atoms with Crippen LogP contribution in [0.5, 0.6) is 0 Å². The van der Waals surface area contributed by atoms with Gasteiger partial charge in [-0.2, -0.15) is 0 Å². The summed E-state index contributed by atoms with van der Waals surface area (Å²) in [6.45, 7) is 0.958. The average molecular weight is 413 g/mol. The molecule has 0 spiro atoms. The lowest BCUT2D eigenvalue weighted by Gasteiger charge is -2.30. The fourth-order valence-electron chi connectivity index (χ4n) is 3.63. The van der Waals surface area contributed by atoms with Crippen LogP contribution in [0.15, 0.2) is 6.07 Å². The van der Waals surface area contributed by atoms with Gasteiger partial charge in [-0.3, -0.25) is 14.9 Å². The first-order valence-corrected chi connectivity index (χ1v) is 9.80. The molecule has 11 heteroatoms. The molecule has 2 N–H and O–H groups in total. The van der Waals surface area contributed by atoms with E-state index in [-0.39, 0.29) is 23.2 Å². The molecule has 0 bridgehead atoms. The maximum atomic E-state index is 13.0. The van der Waals surface area contributed by atoms with Gasteiger partial charge < -0.3 is 20.3 Å². The molecule has 1 amide bonds. The second-order valence-corrected chi connectivity index (χ2v) is 7.16. The molecular weight excluding hydrogens is 388 g/mol. The van der Waals surface area contributed by atoms with E-state index in [4.69, 9.17) is 4.74 Å². The van der Waals surface area contributed by atoms with Gasteiger partial charge in [-0.05, 0) is 12.8 Å². The largest absolute Gasteiger partial charge is 0.378 e. The molecule has 0 atom stereocenters. The lowest BCUT2D eigenvalue weighted by molar-refractivity contribution is -0.384. The number of alkyl halides is 2. The number of halogens is 2. The van der Waals surface area contributed by atoms with Crippen molar-refractivity contribution in [1.29, 1.82) is 0 Å². The van der Waals surface area contributed by atoms with E-state index in [1.807, 2.05) is 0 Å². The number of ether oxygens (including phenoxy) is 1. The number of carbonyl (C=O) groups excluding carboxylic acids is 1. The lowest BCUT2D eigenvalue weighted by Crippen LogP contribution is -2.40. The molecule has 0 aromatic carbocycles. The average Bonchev–Trinajstić information content (AvgIpc) is 2.72. The van der Waals surface area contributed by atoms with Crippen LogP contribution in [0.1, 0.15) is 42.5 Å². The zero-order valence-corrected chi connectivity index (χ0v) is 16.0. The minimum atomic E-state index is -2.70. The molecule has 29 heavy (non-hydrogen) atoms. The van der Waals surface area contributed by atoms with Crippen LogP contribution in [0.4, 0.5) is 26.1 Å². The molecule has 1 aliphatic carbocycles. The Morgan fingerprint density at radius 3 is 2.62 bits per heavy atom. The first kappa shape index (κ1) is 21.2. The van der Waals surface area contributed by atoms with Crippen molar-refractivity contribution in [1.82, 2.24) is 10.3 Å². The summed E-state index contributed by atoms with van der Waals surface area (Å²) in [5.41, 5.74) is -0.428. The van der Waals surface area contributed by atoms with E-state index in [1.165, 1.54) is 0 Å². The lowest BCUT2D eigenvalue weighted by atomic mass is 9.95. The number of hydrogen-bond donors (Lipinski definition) is 2. The number of hydrogen-bond acceptors (Lipinski definition) is 7. The summed E-state index contributed by atoms with van der Waals surface area (Å²) in [7, 11) is 0. The van der Waals surface area contributed by atoms with Crippen molar-refractivity contribution >= 4 is 23.2 Å². The number of anilines is 2. The Bertz CT molecular complexity index is 737. The van der Waals surface area contributed by atoms with Crippen molar-refractivity contribution in [3.05, 3.63) is 21.7 Å². The highest BCUT2D eigenvalue weighted by atomic mass is 19.3. The second kappa shape index (κ2) is 9.77. The summed E-state index contributed by atoms with van der Waals surface area (Å²) in [4.78, 5) is 29.7. The van der Waals surface area contributed by atoms with Gasteiger partial charge in [-0.15, -0.1) is 0 Å². The zero-order valence-electron chi connectivity index (χ0n) is 16.0. The number of pyridine rings is 1. The molecule has 0 unspecified atom stereocenters. The van der Waals surface area contributed by atoms with Gasteiger partial charge in [0.25, 0.3) is 12.3 Å². The van der Waals surface area contributed by atoms with Crippen LogP contribution in [0.25, 0.3) is 0 Å². The van der Waals surface area contributed by atoms with Crippen molar-refractivity contribution in [2.24, 2.45) is 0 Å². The van der Waals surface area contributed by atoms with Gasteiger partial charge in [-0.25, -0.2) is 13.8 Å². The Morgan fingerprint density at radius 1 is 1.31 bits per heavy atom. The predicted octanol–water partition coefficient (Wildman–Crippen LogP) is 2.57. The Kier molecular flexibility index (Phi) is 7.13. The Balaban J connectivity index is 1.95. The summed E-state index contributed by atoms with van der Waals surface area (Å²) in [5.74, 6) is -0.468. The van der Waals surface area contributed by atoms with Crippen molar-refractivity contribution in [3.63, 3.8) is 0 Å². The number of nitrogens with one attached hydrogen (secondary N) is 2. The summed E-state index contributed by atoms with van der Waals surface area (Å²) in [5, 5.41) is 16.8. The number of nitrogens with zero attached hydrogens (tertiary/aromatic N) is 3. The van der Waals surface area contributed by atoms with Gasteiger partial charge in [0.05, 0.1) is 30.2 Å². The maximum absolute atomic E-state index is 13.0. The molecule has 160 valence electrons. The summed E-state index contributed by atoms with van der Waals surface area (Å²) in [6.07, 6.45) is 2.21. The van der Waals surface area contributed by atoms with Crippen LogP contribution in [0, 0.1) is 10.1 Å². The molecule has 1 aromatic heterocycles. The predicted molar refractivity (Wildman–Crippen MR) is 103 cm³/mol. The third-order valence-corrected chi connectivity index (χ3v) is 5.10. The third kappa shape index (κ3) is 5.49. The Morgan fingerprint density at radius 2 is 2.00 bits per heavy atom. The summed E-state index contributed by atoms with van der Waals surface area (Å²) < 4.78 is 30.6. The molecule has 2 heterocycles. The van der Waals surface area contributed by atoms with Gasteiger partial charge in [0.15, 0.2) is 0 Å². The van der Waals surface area contributed by atoms with E-state index in [2.05, 4.69) is 15.6 Å². The Labute approximate surface area is 167 Å². The zero-order chi connectivity index (χ0) is 20.8. The van der Waals surface area contributed by atoms with Crippen molar-refractivity contribution in [3.8, 4) is 0 Å². The van der Waals surface area contributed by atoms with Crippen molar-refractivity contribution in [2.75, 3.05) is 43.1 Å². The van der Waals surface area contributed by atoms with Gasteiger partial charge >= 0.3 is 5.69 Å². The van der Waals surface area contributed by atoms with Gasteiger partial charge in [-0.1, -0.05) is 19.3 Å². The fraction of sp³-hybridized carbons (Fsp3) is 0.667. The molecule has 9 nitrogen and oxygen atoms in total.